The molecule has 2 heterocycles. The first-order valence-electron chi connectivity index (χ1n) is 10.5. The zero-order valence-corrected chi connectivity index (χ0v) is 16.0. The number of likely N-dealkylation sites (tertiary alicyclic amines) is 1. The number of carbonyl (C=O) groups excluding carboxylic acids is 1. The Morgan fingerprint density at radius 2 is 1.85 bits per heavy atom. The fraction of sp³-hybridized carbons (Fsp3) is 0.591. The van der Waals surface area contributed by atoms with Gasteiger partial charge in [0.1, 0.15) is 0 Å². The van der Waals surface area contributed by atoms with Crippen LogP contribution in [0.2, 0.25) is 0 Å². The number of aromatic nitrogens is 2. The Morgan fingerprint density at radius 1 is 1.07 bits per heavy atom. The Kier molecular flexibility index (Phi) is 5.85. The Morgan fingerprint density at radius 3 is 2.67 bits per heavy atom. The first kappa shape index (κ1) is 18.2. The van der Waals surface area contributed by atoms with Crippen LogP contribution in [-0.4, -0.2) is 33.5 Å². The van der Waals surface area contributed by atoms with Gasteiger partial charge in [0.2, 0.25) is 11.8 Å². The molecule has 2 aliphatic rings. The molecule has 4 rings (SSSR count). The third kappa shape index (κ3) is 4.57. The maximum absolute atomic E-state index is 12.9. The topological polar surface area (TPSA) is 59.2 Å². The van der Waals surface area contributed by atoms with Gasteiger partial charge < -0.3 is 9.42 Å². The SMILES string of the molecule is O=C(CCc1nc(C2CCCC2)no1)N1CCCCC1Cc1ccccc1. The third-order valence-electron chi connectivity index (χ3n) is 6.02. The lowest BCUT2D eigenvalue weighted by Gasteiger charge is -2.36. The minimum Gasteiger partial charge on any atom is -0.339 e. The highest BCUT2D eigenvalue weighted by Crippen LogP contribution is 2.32. The minimum absolute atomic E-state index is 0.219. The van der Waals surface area contributed by atoms with Gasteiger partial charge in [-0.05, 0) is 44.1 Å². The van der Waals surface area contributed by atoms with E-state index in [0.717, 1.165) is 44.5 Å². The number of piperidine rings is 1. The number of aryl methyl sites for hydroxylation is 1. The maximum Gasteiger partial charge on any atom is 0.227 e. The molecule has 1 atom stereocenters. The zero-order valence-electron chi connectivity index (χ0n) is 16.0. The van der Waals surface area contributed by atoms with Gasteiger partial charge in [-0.15, -0.1) is 0 Å². The summed E-state index contributed by atoms with van der Waals surface area (Å²) in [6.45, 7) is 0.869. The van der Waals surface area contributed by atoms with E-state index in [1.165, 1.54) is 24.8 Å². The first-order valence-corrected chi connectivity index (χ1v) is 10.5. The van der Waals surface area contributed by atoms with E-state index in [-0.39, 0.29) is 5.91 Å². The molecular weight excluding hydrogens is 338 g/mol. The second kappa shape index (κ2) is 8.68. The van der Waals surface area contributed by atoms with E-state index in [2.05, 4.69) is 39.3 Å². The van der Waals surface area contributed by atoms with E-state index < -0.39 is 0 Å². The molecule has 0 N–H and O–H groups in total. The molecule has 5 nitrogen and oxygen atoms in total. The summed E-state index contributed by atoms with van der Waals surface area (Å²) in [4.78, 5) is 19.5. The van der Waals surface area contributed by atoms with Gasteiger partial charge in [0.25, 0.3) is 0 Å². The van der Waals surface area contributed by atoms with E-state index in [0.29, 0.717) is 30.7 Å². The number of rotatable bonds is 6. The van der Waals surface area contributed by atoms with Crippen LogP contribution in [0.3, 0.4) is 0 Å². The van der Waals surface area contributed by atoms with Gasteiger partial charge in [0.15, 0.2) is 5.82 Å². The lowest BCUT2D eigenvalue weighted by Crippen LogP contribution is -2.45. The molecule has 0 radical (unpaired) electrons. The van der Waals surface area contributed by atoms with Crippen LogP contribution in [0, 0.1) is 0 Å². The molecule has 144 valence electrons. The van der Waals surface area contributed by atoms with Crippen LogP contribution >= 0.6 is 0 Å². The number of carbonyl (C=O) groups is 1. The normalized spacial score (nSPS) is 20.9. The molecule has 1 aliphatic carbocycles. The highest BCUT2D eigenvalue weighted by atomic mass is 16.5. The van der Waals surface area contributed by atoms with Crippen molar-refractivity contribution in [2.24, 2.45) is 0 Å². The standard InChI is InChI=1S/C22H29N3O2/c26-21(14-13-20-23-22(24-27-20)18-10-4-5-11-18)25-15-7-6-12-19(25)16-17-8-2-1-3-9-17/h1-3,8-9,18-19H,4-7,10-16H2. The maximum atomic E-state index is 12.9. The van der Waals surface area contributed by atoms with Gasteiger partial charge in [-0.2, -0.15) is 4.98 Å². The highest BCUT2D eigenvalue weighted by Gasteiger charge is 2.27. The number of hydrogen-bond donors (Lipinski definition) is 0. The van der Waals surface area contributed by atoms with Gasteiger partial charge in [-0.3, -0.25) is 4.79 Å². The molecule has 27 heavy (non-hydrogen) atoms. The summed E-state index contributed by atoms with van der Waals surface area (Å²) >= 11 is 0. The summed E-state index contributed by atoms with van der Waals surface area (Å²) in [5.74, 6) is 2.13. The molecular formula is C22H29N3O2. The quantitative estimate of drug-likeness (QED) is 0.764. The van der Waals surface area contributed by atoms with Crippen molar-refractivity contribution in [3.63, 3.8) is 0 Å². The molecule has 5 heteroatoms. The van der Waals surface area contributed by atoms with Crippen molar-refractivity contribution < 1.29 is 9.32 Å². The molecule has 0 spiro atoms. The van der Waals surface area contributed by atoms with Gasteiger partial charge in [-0.1, -0.05) is 48.3 Å². The van der Waals surface area contributed by atoms with Crippen molar-refractivity contribution in [1.29, 1.82) is 0 Å². The molecule has 0 bridgehead atoms. The van der Waals surface area contributed by atoms with Crippen molar-refractivity contribution in [2.75, 3.05) is 6.54 Å². The lowest BCUT2D eigenvalue weighted by atomic mass is 9.95. The number of amides is 1. The fourth-order valence-corrected chi connectivity index (χ4v) is 4.50. The minimum atomic E-state index is 0.219. The van der Waals surface area contributed by atoms with Gasteiger partial charge >= 0.3 is 0 Å². The Labute approximate surface area is 161 Å². The smallest absolute Gasteiger partial charge is 0.227 e. The summed E-state index contributed by atoms with van der Waals surface area (Å²) < 4.78 is 5.41. The Hall–Kier alpha value is -2.17. The largest absolute Gasteiger partial charge is 0.339 e. The summed E-state index contributed by atoms with van der Waals surface area (Å²) in [5, 5.41) is 4.15. The van der Waals surface area contributed by atoms with E-state index >= 15 is 0 Å². The fourth-order valence-electron chi connectivity index (χ4n) is 4.50. The molecule has 1 unspecified atom stereocenters. The van der Waals surface area contributed by atoms with Crippen molar-refractivity contribution in [2.45, 2.75) is 76.2 Å². The number of hydrogen-bond acceptors (Lipinski definition) is 4. The van der Waals surface area contributed by atoms with Crippen molar-refractivity contribution >= 4 is 5.91 Å². The predicted molar refractivity (Wildman–Crippen MR) is 103 cm³/mol. The number of nitrogens with zero attached hydrogens (tertiary/aromatic N) is 3. The van der Waals surface area contributed by atoms with E-state index in [1.807, 2.05) is 6.07 Å². The summed E-state index contributed by atoms with van der Waals surface area (Å²) in [6, 6.07) is 10.8. The molecule has 1 saturated carbocycles. The van der Waals surface area contributed by atoms with Gasteiger partial charge in [0.05, 0.1) is 0 Å². The van der Waals surface area contributed by atoms with E-state index in [1.54, 1.807) is 0 Å². The van der Waals surface area contributed by atoms with Crippen molar-refractivity contribution in [1.82, 2.24) is 15.0 Å². The second-order valence-electron chi connectivity index (χ2n) is 7.95. The molecule has 1 aromatic heterocycles. The van der Waals surface area contributed by atoms with Gasteiger partial charge in [0, 0.05) is 31.3 Å². The molecule has 2 aromatic rings. The average Bonchev–Trinajstić information content (AvgIpc) is 3.39. The van der Waals surface area contributed by atoms with E-state index in [4.69, 9.17) is 4.52 Å². The first-order chi connectivity index (χ1) is 13.3. The highest BCUT2D eigenvalue weighted by molar-refractivity contribution is 5.76. The van der Waals surface area contributed by atoms with Crippen LogP contribution < -0.4 is 0 Å². The van der Waals surface area contributed by atoms with Crippen molar-refractivity contribution in [3.05, 3.63) is 47.6 Å². The van der Waals surface area contributed by atoms with Crippen LogP contribution in [-0.2, 0) is 17.6 Å². The Bertz CT molecular complexity index is 737. The summed E-state index contributed by atoms with van der Waals surface area (Å²) in [7, 11) is 0. The molecule has 1 aromatic carbocycles. The average molecular weight is 367 g/mol. The molecule has 1 amide bonds. The van der Waals surface area contributed by atoms with Crippen LogP contribution in [0.4, 0.5) is 0 Å². The predicted octanol–water partition coefficient (Wildman–Crippen LogP) is 4.28. The van der Waals surface area contributed by atoms with Crippen LogP contribution in [0.1, 0.15) is 74.6 Å². The van der Waals surface area contributed by atoms with Crippen molar-refractivity contribution in [3.8, 4) is 0 Å². The molecule has 2 fully saturated rings. The monoisotopic (exact) mass is 367 g/mol. The summed E-state index contributed by atoms with van der Waals surface area (Å²) in [5.41, 5.74) is 1.31. The van der Waals surface area contributed by atoms with Crippen LogP contribution in [0.5, 0.6) is 0 Å². The molecule has 1 saturated heterocycles. The number of benzene rings is 1. The zero-order chi connectivity index (χ0) is 18.5. The lowest BCUT2D eigenvalue weighted by molar-refractivity contribution is -0.134. The van der Waals surface area contributed by atoms with Gasteiger partial charge in [-0.25, -0.2) is 0 Å². The Balaban J connectivity index is 1.33. The van der Waals surface area contributed by atoms with Crippen LogP contribution in [0.25, 0.3) is 0 Å². The van der Waals surface area contributed by atoms with E-state index in [9.17, 15) is 4.79 Å². The molecule has 1 aliphatic heterocycles. The van der Waals surface area contributed by atoms with Crippen LogP contribution in [0.15, 0.2) is 34.9 Å². The second-order valence-corrected chi connectivity index (χ2v) is 7.95. The third-order valence-corrected chi connectivity index (χ3v) is 6.02. The summed E-state index contributed by atoms with van der Waals surface area (Å²) in [6.07, 6.45) is 10.2.